The van der Waals surface area contributed by atoms with Gasteiger partial charge in [-0.3, -0.25) is 4.90 Å². The predicted octanol–water partition coefficient (Wildman–Crippen LogP) is 4.09. The standard InChI is InChI=1S/C21H28N2O/c1-18-8-6-7-11-20(18)22-21(17-24-2)12-14-23(15-13-21)16-19-9-4-3-5-10-19/h3-11,22H,12-17H2,1-2H3. The van der Waals surface area contributed by atoms with Crippen LogP contribution in [0.4, 0.5) is 5.69 Å². The fourth-order valence-corrected chi connectivity index (χ4v) is 3.56. The van der Waals surface area contributed by atoms with Crippen LogP contribution in [-0.2, 0) is 11.3 Å². The first-order valence-electron chi connectivity index (χ1n) is 8.80. The minimum atomic E-state index is 0.0358. The Labute approximate surface area is 145 Å². The van der Waals surface area contributed by atoms with Crippen LogP contribution < -0.4 is 5.32 Å². The van der Waals surface area contributed by atoms with Gasteiger partial charge in [0.2, 0.25) is 0 Å². The Morgan fingerprint density at radius 2 is 1.67 bits per heavy atom. The molecular formula is C21H28N2O. The molecule has 0 aliphatic carbocycles. The van der Waals surface area contributed by atoms with E-state index in [1.54, 1.807) is 7.11 Å². The van der Waals surface area contributed by atoms with Crippen molar-refractivity contribution >= 4 is 5.69 Å². The minimum Gasteiger partial charge on any atom is -0.382 e. The molecule has 0 aromatic heterocycles. The highest BCUT2D eigenvalue weighted by atomic mass is 16.5. The second-order valence-corrected chi connectivity index (χ2v) is 6.92. The molecule has 0 radical (unpaired) electrons. The van der Waals surface area contributed by atoms with Crippen molar-refractivity contribution < 1.29 is 4.74 Å². The lowest BCUT2D eigenvalue weighted by atomic mass is 9.87. The maximum Gasteiger partial charge on any atom is 0.0693 e. The second-order valence-electron chi connectivity index (χ2n) is 6.92. The van der Waals surface area contributed by atoms with Crippen molar-refractivity contribution in [2.24, 2.45) is 0 Å². The van der Waals surface area contributed by atoms with Crippen LogP contribution in [0.1, 0.15) is 24.0 Å². The van der Waals surface area contributed by atoms with Gasteiger partial charge < -0.3 is 10.1 Å². The molecule has 3 heteroatoms. The Morgan fingerprint density at radius 3 is 2.33 bits per heavy atom. The number of anilines is 1. The van der Waals surface area contributed by atoms with Crippen LogP contribution in [0.15, 0.2) is 54.6 Å². The summed E-state index contributed by atoms with van der Waals surface area (Å²) >= 11 is 0. The van der Waals surface area contributed by atoms with Crippen molar-refractivity contribution in [1.82, 2.24) is 4.90 Å². The molecule has 1 aliphatic rings. The number of benzene rings is 2. The summed E-state index contributed by atoms with van der Waals surface area (Å²) in [6.07, 6.45) is 2.20. The zero-order valence-electron chi connectivity index (χ0n) is 14.8. The SMILES string of the molecule is COCC1(Nc2ccccc2C)CCN(Cc2ccccc2)CC1. The minimum absolute atomic E-state index is 0.0358. The van der Waals surface area contributed by atoms with E-state index in [1.165, 1.54) is 16.8 Å². The number of nitrogens with one attached hydrogen (secondary N) is 1. The van der Waals surface area contributed by atoms with Crippen LogP contribution in [0, 0.1) is 6.92 Å². The largest absolute Gasteiger partial charge is 0.382 e. The van der Waals surface area contributed by atoms with E-state index in [1.807, 2.05) is 0 Å². The molecule has 1 aliphatic heterocycles. The van der Waals surface area contributed by atoms with Gasteiger partial charge in [-0.15, -0.1) is 0 Å². The lowest BCUT2D eigenvalue weighted by molar-refractivity contribution is 0.0860. The molecule has 128 valence electrons. The quantitative estimate of drug-likeness (QED) is 0.866. The van der Waals surface area contributed by atoms with E-state index in [0.29, 0.717) is 0 Å². The van der Waals surface area contributed by atoms with Crippen molar-refractivity contribution in [3.05, 3.63) is 65.7 Å². The van der Waals surface area contributed by atoms with E-state index in [2.05, 4.69) is 71.7 Å². The van der Waals surface area contributed by atoms with Crippen LogP contribution in [0.5, 0.6) is 0 Å². The van der Waals surface area contributed by atoms with Crippen LogP contribution in [0.3, 0.4) is 0 Å². The van der Waals surface area contributed by atoms with E-state index >= 15 is 0 Å². The van der Waals surface area contributed by atoms with Gasteiger partial charge in [-0.25, -0.2) is 0 Å². The normalized spacial score (nSPS) is 17.6. The summed E-state index contributed by atoms with van der Waals surface area (Å²) in [5, 5.41) is 3.80. The lowest BCUT2D eigenvalue weighted by Crippen LogP contribution is -2.51. The van der Waals surface area contributed by atoms with Crippen molar-refractivity contribution in [3.63, 3.8) is 0 Å². The Bertz CT molecular complexity index is 633. The third-order valence-electron chi connectivity index (χ3n) is 5.03. The molecule has 0 spiro atoms. The molecule has 3 nitrogen and oxygen atoms in total. The predicted molar refractivity (Wildman–Crippen MR) is 100 cm³/mol. The first-order valence-corrected chi connectivity index (χ1v) is 8.80. The highest BCUT2D eigenvalue weighted by Crippen LogP contribution is 2.29. The molecule has 3 rings (SSSR count). The summed E-state index contributed by atoms with van der Waals surface area (Å²) in [5.41, 5.74) is 3.95. The Kier molecular flexibility index (Phi) is 5.54. The smallest absolute Gasteiger partial charge is 0.0693 e. The van der Waals surface area contributed by atoms with E-state index in [4.69, 9.17) is 4.74 Å². The maximum atomic E-state index is 5.57. The number of piperidine rings is 1. The molecule has 24 heavy (non-hydrogen) atoms. The molecule has 1 saturated heterocycles. The molecule has 0 amide bonds. The Hall–Kier alpha value is -1.84. The maximum absolute atomic E-state index is 5.57. The summed E-state index contributed by atoms with van der Waals surface area (Å²) in [6.45, 7) is 6.14. The topological polar surface area (TPSA) is 24.5 Å². The summed E-state index contributed by atoms with van der Waals surface area (Å²) < 4.78 is 5.57. The van der Waals surface area contributed by atoms with Crippen molar-refractivity contribution in [2.75, 3.05) is 32.1 Å². The van der Waals surface area contributed by atoms with Crippen LogP contribution >= 0.6 is 0 Å². The van der Waals surface area contributed by atoms with E-state index in [-0.39, 0.29) is 5.54 Å². The van der Waals surface area contributed by atoms with Gasteiger partial charge >= 0.3 is 0 Å². The summed E-state index contributed by atoms with van der Waals surface area (Å²) in [7, 11) is 1.80. The molecule has 1 heterocycles. The Morgan fingerprint density at radius 1 is 1.00 bits per heavy atom. The van der Waals surface area contributed by atoms with Crippen LogP contribution in [0.2, 0.25) is 0 Å². The molecule has 1 fully saturated rings. The number of methoxy groups -OCH3 is 1. The third-order valence-corrected chi connectivity index (χ3v) is 5.03. The summed E-state index contributed by atoms with van der Waals surface area (Å²) in [5.74, 6) is 0. The van der Waals surface area contributed by atoms with Crippen LogP contribution in [0.25, 0.3) is 0 Å². The molecule has 1 N–H and O–H groups in total. The molecule has 0 unspecified atom stereocenters. The fraction of sp³-hybridized carbons (Fsp3) is 0.429. The highest BCUT2D eigenvalue weighted by molar-refractivity contribution is 5.52. The molecule has 0 atom stereocenters. The van der Waals surface area contributed by atoms with Gasteiger partial charge in [0, 0.05) is 32.4 Å². The zero-order chi connectivity index (χ0) is 16.8. The summed E-state index contributed by atoms with van der Waals surface area (Å²) in [6, 6.07) is 19.3. The number of nitrogens with zero attached hydrogens (tertiary/aromatic N) is 1. The molecule has 2 aromatic rings. The average molecular weight is 324 g/mol. The zero-order valence-corrected chi connectivity index (χ0v) is 14.8. The van der Waals surface area contributed by atoms with Gasteiger partial charge in [0.15, 0.2) is 0 Å². The number of hydrogen-bond donors (Lipinski definition) is 1. The summed E-state index contributed by atoms with van der Waals surface area (Å²) in [4.78, 5) is 2.54. The van der Waals surface area contributed by atoms with Crippen LogP contribution in [-0.4, -0.2) is 37.2 Å². The first-order chi connectivity index (χ1) is 11.7. The third kappa shape index (κ3) is 4.16. The lowest BCUT2D eigenvalue weighted by Gasteiger charge is -2.43. The number of para-hydroxylation sites is 1. The van der Waals surface area contributed by atoms with Gasteiger partial charge in [0.05, 0.1) is 12.1 Å². The van der Waals surface area contributed by atoms with E-state index < -0.39 is 0 Å². The average Bonchev–Trinajstić information content (AvgIpc) is 2.60. The molecule has 0 saturated carbocycles. The number of rotatable bonds is 6. The monoisotopic (exact) mass is 324 g/mol. The fourth-order valence-electron chi connectivity index (χ4n) is 3.56. The van der Waals surface area contributed by atoms with Gasteiger partial charge in [0.25, 0.3) is 0 Å². The van der Waals surface area contributed by atoms with E-state index in [9.17, 15) is 0 Å². The highest BCUT2D eigenvalue weighted by Gasteiger charge is 2.34. The number of likely N-dealkylation sites (tertiary alicyclic amines) is 1. The molecule has 2 aromatic carbocycles. The van der Waals surface area contributed by atoms with Crippen molar-refractivity contribution in [1.29, 1.82) is 0 Å². The molecular weight excluding hydrogens is 296 g/mol. The van der Waals surface area contributed by atoms with Gasteiger partial charge in [-0.1, -0.05) is 48.5 Å². The van der Waals surface area contributed by atoms with Gasteiger partial charge in [-0.2, -0.15) is 0 Å². The van der Waals surface area contributed by atoms with Crippen molar-refractivity contribution in [3.8, 4) is 0 Å². The number of ether oxygens (including phenoxy) is 1. The van der Waals surface area contributed by atoms with Crippen molar-refractivity contribution in [2.45, 2.75) is 31.8 Å². The second kappa shape index (κ2) is 7.82. The van der Waals surface area contributed by atoms with E-state index in [0.717, 1.165) is 39.1 Å². The molecule has 0 bridgehead atoms. The number of hydrogen-bond acceptors (Lipinski definition) is 3. The number of aryl methyl sites for hydroxylation is 1. The van der Waals surface area contributed by atoms with Gasteiger partial charge in [-0.05, 0) is 37.0 Å². The Balaban J connectivity index is 1.64. The first kappa shape index (κ1) is 17.0. The van der Waals surface area contributed by atoms with Gasteiger partial charge in [0.1, 0.15) is 0 Å².